The van der Waals surface area contributed by atoms with Crippen LogP contribution in [0.25, 0.3) is 45.2 Å². The number of nitrogens with one attached hydrogen (secondary N) is 1. The third-order valence-corrected chi connectivity index (χ3v) is 9.80. The summed E-state index contributed by atoms with van der Waals surface area (Å²) in [6.07, 6.45) is 15.4. The van der Waals surface area contributed by atoms with E-state index in [4.69, 9.17) is 15.4 Å². The molecule has 1 aliphatic carbocycles. The smallest absolute Gasteiger partial charge is 0.161 e. The molecule has 0 aliphatic heterocycles. The SMILES string of the molecule is C=C/C=C\c1c(C)n(CC(=N)/N=C(\N=C\c2ccccc2)c2ccccc2)c2ccc(C3=CCc4c(n(-c5ccccc5)c5ccccc45)C=C3)cc12. The molecule has 5 nitrogen and oxygen atoms in total. The zero-order chi connectivity index (χ0) is 36.1. The lowest BCUT2D eigenvalue weighted by Gasteiger charge is -2.09. The van der Waals surface area contributed by atoms with Crippen LogP contribution in [0, 0.1) is 12.3 Å². The minimum Gasteiger partial charge on any atom is -0.337 e. The quantitative estimate of drug-likeness (QED) is 0.0940. The Labute approximate surface area is 310 Å². The summed E-state index contributed by atoms with van der Waals surface area (Å²) < 4.78 is 4.55. The number of aromatic nitrogens is 2. The first-order valence-electron chi connectivity index (χ1n) is 17.9. The number of benzene rings is 5. The van der Waals surface area contributed by atoms with Crippen molar-refractivity contribution in [3.63, 3.8) is 0 Å². The van der Waals surface area contributed by atoms with Gasteiger partial charge in [-0.3, -0.25) is 5.41 Å². The Hall–Kier alpha value is -6.85. The van der Waals surface area contributed by atoms with E-state index in [0.29, 0.717) is 12.4 Å². The molecular weight excluding hydrogens is 647 g/mol. The van der Waals surface area contributed by atoms with E-state index in [1.807, 2.05) is 66.7 Å². The molecule has 0 bridgehead atoms. The van der Waals surface area contributed by atoms with Gasteiger partial charge >= 0.3 is 0 Å². The Morgan fingerprint density at radius 2 is 1.51 bits per heavy atom. The highest BCUT2D eigenvalue weighted by atomic mass is 15.0. The zero-order valence-electron chi connectivity index (χ0n) is 29.7. The standard InChI is InChI=1S/C48H39N5/c1-3-4-22-40-34(2)52(33-47(49)51-48(37-18-10-6-11-19-37)50-32-35-16-8-5-9-17-35)44-29-27-38(31-43(40)44)36-25-28-42-41-23-14-15-24-45(41)53(46(42)30-26-36)39-20-12-7-13-21-39/h3-27,29-32,49H,1,28,33H2,2H3/b22-4-,49-47?,50-32+,51-48-. The summed E-state index contributed by atoms with van der Waals surface area (Å²) in [7, 11) is 0. The molecule has 0 atom stereocenters. The lowest BCUT2D eigenvalue weighted by molar-refractivity contribution is 0.845. The third kappa shape index (κ3) is 6.68. The summed E-state index contributed by atoms with van der Waals surface area (Å²) in [6.45, 7) is 6.34. The van der Waals surface area contributed by atoms with Crippen LogP contribution in [0.5, 0.6) is 0 Å². The second kappa shape index (κ2) is 14.8. The van der Waals surface area contributed by atoms with Gasteiger partial charge in [0, 0.05) is 45.0 Å². The maximum absolute atomic E-state index is 9.08. The molecule has 0 saturated heterocycles. The van der Waals surface area contributed by atoms with Crippen molar-refractivity contribution in [2.24, 2.45) is 9.98 Å². The van der Waals surface area contributed by atoms with Crippen molar-refractivity contribution in [2.75, 3.05) is 0 Å². The molecule has 0 fully saturated rings. The average Bonchev–Trinajstić information content (AvgIpc) is 3.54. The van der Waals surface area contributed by atoms with Gasteiger partial charge in [0.05, 0.1) is 17.8 Å². The Kier molecular flexibility index (Phi) is 9.29. The van der Waals surface area contributed by atoms with Crippen LogP contribution in [0.2, 0.25) is 0 Å². The molecule has 2 heterocycles. The number of nitrogens with zero attached hydrogens (tertiary/aromatic N) is 4. The van der Waals surface area contributed by atoms with E-state index in [2.05, 4.69) is 120 Å². The van der Waals surface area contributed by atoms with E-state index in [9.17, 15) is 0 Å². The highest BCUT2D eigenvalue weighted by molar-refractivity contribution is 6.10. The fourth-order valence-electron chi connectivity index (χ4n) is 7.24. The molecule has 2 aromatic heterocycles. The van der Waals surface area contributed by atoms with Crippen LogP contribution in [-0.2, 0) is 13.0 Å². The van der Waals surface area contributed by atoms with E-state index in [-0.39, 0.29) is 5.84 Å². The summed E-state index contributed by atoms with van der Waals surface area (Å²) in [4.78, 5) is 9.51. The summed E-state index contributed by atoms with van der Waals surface area (Å²) in [5.41, 5.74) is 12.3. The van der Waals surface area contributed by atoms with Gasteiger partial charge in [-0.2, -0.15) is 0 Å². The van der Waals surface area contributed by atoms with Crippen molar-refractivity contribution >= 4 is 57.4 Å². The first kappa shape index (κ1) is 33.3. The van der Waals surface area contributed by atoms with Crippen molar-refractivity contribution in [2.45, 2.75) is 19.9 Å². The number of allylic oxidation sites excluding steroid dienone is 5. The van der Waals surface area contributed by atoms with Gasteiger partial charge in [0.15, 0.2) is 5.84 Å². The van der Waals surface area contributed by atoms with Gasteiger partial charge in [0.1, 0.15) is 5.84 Å². The largest absolute Gasteiger partial charge is 0.337 e. The first-order chi connectivity index (χ1) is 26.1. The Morgan fingerprint density at radius 1 is 0.792 bits per heavy atom. The molecule has 5 heteroatoms. The molecule has 0 unspecified atom stereocenters. The monoisotopic (exact) mass is 685 g/mol. The van der Waals surface area contributed by atoms with Crippen molar-refractivity contribution in [1.29, 1.82) is 5.41 Å². The van der Waals surface area contributed by atoms with Gasteiger partial charge in [0.25, 0.3) is 0 Å². The molecule has 0 saturated carbocycles. The van der Waals surface area contributed by atoms with E-state index >= 15 is 0 Å². The predicted molar refractivity (Wildman–Crippen MR) is 225 cm³/mol. The molecular formula is C48H39N5. The van der Waals surface area contributed by atoms with Crippen LogP contribution in [0.1, 0.15) is 39.2 Å². The Bertz CT molecular complexity index is 2630. The lowest BCUT2D eigenvalue weighted by atomic mass is 10.0. The number of hydrogen-bond donors (Lipinski definition) is 1. The minimum atomic E-state index is 0.218. The van der Waals surface area contributed by atoms with Gasteiger partial charge in [-0.15, -0.1) is 0 Å². The zero-order valence-corrected chi connectivity index (χ0v) is 29.7. The fraction of sp³-hybridized carbons (Fsp3) is 0.0625. The molecule has 53 heavy (non-hydrogen) atoms. The van der Waals surface area contributed by atoms with Gasteiger partial charge < -0.3 is 9.13 Å². The normalized spacial score (nSPS) is 13.2. The molecule has 8 rings (SSSR count). The fourth-order valence-corrected chi connectivity index (χ4v) is 7.24. The second-order valence-corrected chi connectivity index (χ2v) is 13.1. The highest BCUT2D eigenvalue weighted by Gasteiger charge is 2.19. The van der Waals surface area contributed by atoms with Crippen molar-refractivity contribution in [1.82, 2.24) is 9.13 Å². The van der Waals surface area contributed by atoms with Crippen LogP contribution in [0.4, 0.5) is 0 Å². The van der Waals surface area contributed by atoms with Crippen LogP contribution < -0.4 is 0 Å². The molecule has 0 spiro atoms. The van der Waals surface area contributed by atoms with Crippen molar-refractivity contribution in [3.05, 3.63) is 204 Å². The topological polar surface area (TPSA) is 58.4 Å². The summed E-state index contributed by atoms with van der Waals surface area (Å²) in [5, 5.41) is 11.5. The number of fused-ring (bicyclic) bond motifs is 4. The summed E-state index contributed by atoms with van der Waals surface area (Å²) in [5.74, 6) is 0.722. The first-order valence-corrected chi connectivity index (χ1v) is 17.9. The summed E-state index contributed by atoms with van der Waals surface area (Å²) in [6, 6.07) is 45.7. The van der Waals surface area contributed by atoms with Crippen LogP contribution in [-0.4, -0.2) is 27.0 Å². The maximum Gasteiger partial charge on any atom is 0.161 e. The van der Waals surface area contributed by atoms with E-state index < -0.39 is 0 Å². The van der Waals surface area contributed by atoms with E-state index in [1.165, 1.54) is 27.7 Å². The van der Waals surface area contributed by atoms with E-state index in [0.717, 1.165) is 51.0 Å². The number of hydrogen-bond acceptors (Lipinski definition) is 1. The van der Waals surface area contributed by atoms with Crippen molar-refractivity contribution < 1.29 is 0 Å². The molecule has 1 aliphatic rings. The van der Waals surface area contributed by atoms with Crippen LogP contribution in [0.3, 0.4) is 0 Å². The molecule has 0 radical (unpaired) electrons. The highest BCUT2D eigenvalue weighted by Crippen LogP contribution is 2.36. The van der Waals surface area contributed by atoms with Gasteiger partial charge in [-0.25, -0.2) is 9.98 Å². The number of rotatable bonds is 8. The molecule has 5 aromatic carbocycles. The maximum atomic E-state index is 9.08. The molecule has 0 amide bonds. The van der Waals surface area contributed by atoms with Gasteiger partial charge in [-0.1, -0.05) is 140 Å². The summed E-state index contributed by atoms with van der Waals surface area (Å²) >= 11 is 0. The Morgan fingerprint density at radius 3 is 2.28 bits per heavy atom. The minimum absolute atomic E-state index is 0.218. The third-order valence-electron chi connectivity index (χ3n) is 9.80. The second-order valence-electron chi connectivity index (χ2n) is 13.1. The Balaban J connectivity index is 1.15. The number of aliphatic imine (C=N–C) groups is 2. The predicted octanol–water partition coefficient (Wildman–Crippen LogP) is 11.3. The van der Waals surface area contributed by atoms with Crippen molar-refractivity contribution in [3.8, 4) is 5.69 Å². The molecule has 256 valence electrons. The molecule has 1 N–H and O–H groups in total. The van der Waals surface area contributed by atoms with Gasteiger partial charge in [0.2, 0.25) is 0 Å². The van der Waals surface area contributed by atoms with Crippen LogP contribution >= 0.6 is 0 Å². The van der Waals surface area contributed by atoms with Crippen LogP contribution in [0.15, 0.2) is 174 Å². The van der Waals surface area contributed by atoms with Gasteiger partial charge in [-0.05, 0) is 72.0 Å². The lowest BCUT2D eigenvalue weighted by Crippen LogP contribution is -2.11. The van der Waals surface area contributed by atoms with E-state index in [1.54, 1.807) is 12.3 Å². The average molecular weight is 686 g/mol. The number of amidine groups is 2. The molecule has 7 aromatic rings. The number of para-hydroxylation sites is 2.